The van der Waals surface area contributed by atoms with Crippen molar-refractivity contribution >= 4 is 15.9 Å². The Morgan fingerprint density at radius 2 is 1.65 bits per heavy atom. The van der Waals surface area contributed by atoms with Gasteiger partial charge in [-0.15, -0.1) is 0 Å². The van der Waals surface area contributed by atoms with E-state index in [1.165, 1.54) is 19.2 Å². The Kier molecular flexibility index (Phi) is 8.61. The van der Waals surface area contributed by atoms with Gasteiger partial charge in [0.25, 0.3) is 0 Å². The van der Waals surface area contributed by atoms with E-state index < -0.39 is 22.0 Å². The zero-order chi connectivity index (χ0) is 24.6. The van der Waals surface area contributed by atoms with Crippen molar-refractivity contribution in [3.05, 3.63) is 84.2 Å². The van der Waals surface area contributed by atoms with E-state index in [4.69, 9.17) is 9.47 Å². The van der Waals surface area contributed by atoms with Gasteiger partial charge in [0, 0.05) is 24.5 Å². The van der Waals surface area contributed by atoms with Crippen molar-refractivity contribution in [3.8, 4) is 11.5 Å². The standard InChI is InChI=1S/C25H29N3O5S/c1-18(2)24(28-34(30,31)23-12-10-21(32-3)11-13-23)25(29)27-16-19-6-8-22(9-7-19)33-17-20-5-4-14-26-15-20/h4-15,18,24,28H,16-17H2,1-3H3,(H,27,29)/t24-/m0/s1. The number of benzene rings is 2. The molecule has 2 N–H and O–H groups in total. The number of pyridine rings is 1. The van der Waals surface area contributed by atoms with E-state index in [1.807, 2.05) is 36.4 Å². The minimum absolute atomic E-state index is 0.0635. The van der Waals surface area contributed by atoms with Gasteiger partial charge >= 0.3 is 0 Å². The molecular weight excluding hydrogens is 454 g/mol. The highest BCUT2D eigenvalue weighted by atomic mass is 32.2. The number of methoxy groups -OCH3 is 1. The summed E-state index contributed by atoms with van der Waals surface area (Å²) in [7, 11) is -2.38. The molecule has 34 heavy (non-hydrogen) atoms. The van der Waals surface area contributed by atoms with Crippen LogP contribution >= 0.6 is 0 Å². The third-order valence-electron chi connectivity index (χ3n) is 5.12. The number of nitrogens with one attached hydrogen (secondary N) is 2. The summed E-state index contributed by atoms with van der Waals surface area (Å²) in [5.74, 6) is 0.595. The quantitative estimate of drug-likeness (QED) is 0.434. The average Bonchev–Trinajstić information content (AvgIpc) is 2.85. The molecule has 0 aliphatic heterocycles. The zero-order valence-electron chi connectivity index (χ0n) is 19.4. The maximum atomic E-state index is 12.8. The van der Waals surface area contributed by atoms with Crippen LogP contribution in [-0.2, 0) is 28.0 Å². The Balaban J connectivity index is 1.56. The van der Waals surface area contributed by atoms with Crippen molar-refractivity contribution in [2.45, 2.75) is 37.9 Å². The largest absolute Gasteiger partial charge is 0.497 e. The monoisotopic (exact) mass is 483 g/mol. The van der Waals surface area contributed by atoms with Crippen molar-refractivity contribution < 1.29 is 22.7 Å². The lowest BCUT2D eigenvalue weighted by Gasteiger charge is -2.22. The molecule has 0 aliphatic rings. The van der Waals surface area contributed by atoms with Crippen molar-refractivity contribution in [1.82, 2.24) is 15.0 Å². The summed E-state index contributed by atoms with van der Waals surface area (Å²) < 4.78 is 38.9. The highest BCUT2D eigenvalue weighted by Gasteiger charge is 2.28. The summed E-state index contributed by atoms with van der Waals surface area (Å²) in [5, 5.41) is 2.82. The van der Waals surface area contributed by atoms with Crippen molar-refractivity contribution in [2.75, 3.05) is 7.11 Å². The maximum Gasteiger partial charge on any atom is 0.241 e. The molecular formula is C25H29N3O5S. The van der Waals surface area contributed by atoms with E-state index in [-0.39, 0.29) is 17.4 Å². The van der Waals surface area contributed by atoms with Gasteiger partial charge in [-0.3, -0.25) is 9.78 Å². The molecule has 3 rings (SSSR count). The maximum absolute atomic E-state index is 12.8. The number of nitrogens with zero attached hydrogens (tertiary/aromatic N) is 1. The number of aromatic nitrogens is 1. The number of sulfonamides is 1. The number of rotatable bonds is 11. The predicted molar refractivity (Wildman–Crippen MR) is 129 cm³/mol. The summed E-state index contributed by atoms with van der Waals surface area (Å²) in [4.78, 5) is 16.9. The van der Waals surface area contributed by atoms with Crippen LogP contribution in [0.25, 0.3) is 0 Å². The van der Waals surface area contributed by atoms with Gasteiger partial charge in [0.1, 0.15) is 24.1 Å². The van der Waals surface area contributed by atoms with Gasteiger partial charge in [-0.1, -0.05) is 32.0 Å². The van der Waals surface area contributed by atoms with E-state index >= 15 is 0 Å². The van der Waals surface area contributed by atoms with E-state index in [0.717, 1.165) is 11.1 Å². The van der Waals surface area contributed by atoms with Gasteiger partial charge < -0.3 is 14.8 Å². The van der Waals surface area contributed by atoms with Crippen LogP contribution in [0, 0.1) is 5.92 Å². The average molecular weight is 484 g/mol. The van der Waals surface area contributed by atoms with Gasteiger partial charge in [0.05, 0.1) is 12.0 Å². The molecule has 0 saturated heterocycles. The van der Waals surface area contributed by atoms with E-state index in [2.05, 4.69) is 15.0 Å². The molecule has 0 aliphatic carbocycles. The molecule has 180 valence electrons. The summed E-state index contributed by atoms with van der Waals surface area (Å²) in [6.45, 7) is 4.24. The Labute approximate surface area is 200 Å². The van der Waals surface area contributed by atoms with Crippen LogP contribution in [0.2, 0.25) is 0 Å². The highest BCUT2D eigenvalue weighted by molar-refractivity contribution is 7.89. The molecule has 8 nitrogen and oxygen atoms in total. The molecule has 1 amide bonds. The number of amides is 1. The fourth-order valence-corrected chi connectivity index (χ4v) is 4.48. The molecule has 9 heteroatoms. The van der Waals surface area contributed by atoms with Gasteiger partial charge in [0.15, 0.2) is 0 Å². The Morgan fingerprint density at radius 3 is 2.24 bits per heavy atom. The lowest BCUT2D eigenvalue weighted by Crippen LogP contribution is -2.49. The molecule has 1 heterocycles. The molecule has 3 aromatic rings. The molecule has 0 bridgehead atoms. The minimum Gasteiger partial charge on any atom is -0.497 e. The van der Waals surface area contributed by atoms with Crippen molar-refractivity contribution in [2.24, 2.45) is 5.92 Å². The Bertz CT molecular complexity index is 1170. The zero-order valence-corrected chi connectivity index (χ0v) is 20.2. The second-order valence-corrected chi connectivity index (χ2v) is 9.74. The molecule has 0 fully saturated rings. The summed E-state index contributed by atoms with van der Waals surface area (Å²) >= 11 is 0. The lowest BCUT2D eigenvalue weighted by molar-refractivity contribution is -0.123. The van der Waals surface area contributed by atoms with E-state index in [0.29, 0.717) is 18.1 Å². The molecule has 1 aromatic heterocycles. The molecule has 0 radical (unpaired) electrons. The predicted octanol–water partition coefficient (Wildman–Crippen LogP) is 3.29. The van der Waals surface area contributed by atoms with Crippen LogP contribution in [0.3, 0.4) is 0 Å². The fourth-order valence-electron chi connectivity index (χ4n) is 3.14. The molecule has 0 saturated carbocycles. The summed E-state index contributed by atoms with van der Waals surface area (Å²) in [5.41, 5.74) is 1.83. The lowest BCUT2D eigenvalue weighted by atomic mass is 10.0. The SMILES string of the molecule is COc1ccc(S(=O)(=O)N[C@H](C(=O)NCc2ccc(OCc3cccnc3)cc2)C(C)C)cc1. The Morgan fingerprint density at radius 1 is 0.971 bits per heavy atom. The van der Waals surface area contributed by atoms with Crippen LogP contribution in [0.4, 0.5) is 0 Å². The second-order valence-electron chi connectivity index (χ2n) is 8.03. The van der Waals surface area contributed by atoms with Crippen LogP contribution in [0.5, 0.6) is 11.5 Å². The van der Waals surface area contributed by atoms with Crippen LogP contribution < -0.4 is 19.5 Å². The van der Waals surface area contributed by atoms with Crippen LogP contribution in [0.1, 0.15) is 25.0 Å². The fraction of sp³-hybridized carbons (Fsp3) is 0.280. The van der Waals surface area contributed by atoms with E-state index in [9.17, 15) is 13.2 Å². The minimum atomic E-state index is -3.88. The number of carbonyl (C=O) groups is 1. The Hall–Kier alpha value is -3.43. The van der Waals surface area contributed by atoms with Gasteiger partial charge in [-0.05, 0) is 53.9 Å². The van der Waals surface area contributed by atoms with Gasteiger partial charge in [0.2, 0.25) is 15.9 Å². The van der Waals surface area contributed by atoms with Crippen LogP contribution in [0.15, 0.2) is 78.0 Å². The molecule has 0 unspecified atom stereocenters. The molecule has 1 atom stereocenters. The number of carbonyl (C=O) groups excluding carboxylic acids is 1. The van der Waals surface area contributed by atoms with Gasteiger partial charge in [-0.25, -0.2) is 8.42 Å². The highest BCUT2D eigenvalue weighted by Crippen LogP contribution is 2.17. The first-order valence-corrected chi connectivity index (χ1v) is 12.3. The number of hydrogen-bond acceptors (Lipinski definition) is 6. The van der Waals surface area contributed by atoms with Crippen molar-refractivity contribution in [3.63, 3.8) is 0 Å². The van der Waals surface area contributed by atoms with Crippen molar-refractivity contribution in [1.29, 1.82) is 0 Å². The third kappa shape index (κ3) is 7.03. The molecule has 2 aromatic carbocycles. The topological polar surface area (TPSA) is 107 Å². The first-order valence-electron chi connectivity index (χ1n) is 10.8. The summed E-state index contributed by atoms with van der Waals surface area (Å²) in [6.07, 6.45) is 3.46. The first kappa shape index (κ1) is 25.2. The first-order chi connectivity index (χ1) is 16.3. The smallest absolute Gasteiger partial charge is 0.241 e. The van der Waals surface area contributed by atoms with Crippen LogP contribution in [-0.4, -0.2) is 32.5 Å². The molecule has 0 spiro atoms. The number of hydrogen-bond donors (Lipinski definition) is 2. The number of ether oxygens (including phenoxy) is 2. The second kappa shape index (κ2) is 11.6. The normalized spacial score (nSPS) is 12.2. The van der Waals surface area contributed by atoms with E-state index in [1.54, 1.807) is 38.4 Å². The van der Waals surface area contributed by atoms with Gasteiger partial charge in [-0.2, -0.15) is 4.72 Å². The third-order valence-corrected chi connectivity index (χ3v) is 6.58. The summed E-state index contributed by atoms with van der Waals surface area (Å²) in [6, 6.07) is 16.2.